The molecule has 0 atom stereocenters. The van der Waals surface area contributed by atoms with Gasteiger partial charge in [0.1, 0.15) is 0 Å². The lowest BCUT2D eigenvalue weighted by molar-refractivity contribution is 0.469. The minimum absolute atomic E-state index is 0.385. The largest absolute Gasteiger partial charge is 0.349 e. The van der Waals surface area contributed by atoms with Crippen molar-refractivity contribution in [3.8, 4) is 0 Å². The SMILES string of the molecule is Fc1cnc(NC2CNC2)nc1. The number of halogens is 1. The first-order valence-corrected chi connectivity index (χ1v) is 3.79. The maximum absolute atomic E-state index is 12.4. The molecule has 0 amide bonds. The molecule has 4 nitrogen and oxygen atoms in total. The van der Waals surface area contributed by atoms with Crippen molar-refractivity contribution in [2.24, 2.45) is 0 Å². The van der Waals surface area contributed by atoms with Gasteiger partial charge in [-0.3, -0.25) is 0 Å². The average molecular weight is 168 g/mol. The minimum atomic E-state index is -0.410. The van der Waals surface area contributed by atoms with Crippen LogP contribution < -0.4 is 10.6 Å². The molecule has 1 fully saturated rings. The van der Waals surface area contributed by atoms with Crippen molar-refractivity contribution in [2.75, 3.05) is 18.4 Å². The van der Waals surface area contributed by atoms with E-state index >= 15 is 0 Å². The Balaban J connectivity index is 1.98. The second-order valence-electron chi connectivity index (χ2n) is 2.72. The van der Waals surface area contributed by atoms with Gasteiger partial charge >= 0.3 is 0 Å². The highest BCUT2D eigenvalue weighted by Crippen LogP contribution is 2.02. The van der Waals surface area contributed by atoms with E-state index in [2.05, 4.69) is 20.6 Å². The molecule has 5 heteroatoms. The number of anilines is 1. The van der Waals surface area contributed by atoms with Crippen molar-refractivity contribution in [3.63, 3.8) is 0 Å². The van der Waals surface area contributed by atoms with Crippen LogP contribution in [0.4, 0.5) is 10.3 Å². The van der Waals surface area contributed by atoms with Crippen LogP contribution in [0.3, 0.4) is 0 Å². The Morgan fingerprint density at radius 2 is 2.08 bits per heavy atom. The van der Waals surface area contributed by atoms with Crippen LogP contribution in [0.5, 0.6) is 0 Å². The normalized spacial score (nSPS) is 17.1. The van der Waals surface area contributed by atoms with E-state index in [0.717, 1.165) is 25.5 Å². The highest BCUT2D eigenvalue weighted by Gasteiger charge is 2.16. The van der Waals surface area contributed by atoms with Gasteiger partial charge in [0, 0.05) is 13.1 Å². The smallest absolute Gasteiger partial charge is 0.223 e. The molecule has 2 heterocycles. The Morgan fingerprint density at radius 1 is 1.42 bits per heavy atom. The molecule has 64 valence electrons. The van der Waals surface area contributed by atoms with E-state index in [1.165, 1.54) is 0 Å². The van der Waals surface area contributed by atoms with Crippen molar-refractivity contribution < 1.29 is 4.39 Å². The first kappa shape index (κ1) is 7.42. The van der Waals surface area contributed by atoms with E-state index in [0.29, 0.717) is 12.0 Å². The van der Waals surface area contributed by atoms with E-state index in [1.807, 2.05) is 0 Å². The van der Waals surface area contributed by atoms with Crippen LogP contribution in [0.2, 0.25) is 0 Å². The van der Waals surface area contributed by atoms with Gasteiger partial charge in [0.2, 0.25) is 5.95 Å². The van der Waals surface area contributed by atoms with Gasteiger partial charge in [-0.2, -0.15) is 0 Å². The molecule has 1 aliphatic heterocycles. The van der Waals surface area contributed by atoms with Crippen molar-refractivity contribution in [2.45, 2.75) is 6.04 Å². The fourth-order valence-electron chi connectivity index (χ4n) is 0.960. The lowest BCUT2D eigenvalue weighted by atomic mass is 10.2. The summed E-state index contributed by atoms with van der Waals surface area (Å²) in [6, 6.07) is 0.385. The maximum atomic E-state index is 12.4. The highest BCUT2D eigenvalue weighted by atomic mass is 19.1. The molecule has 12 heavy (non-hydrogen) atoms. The first-order valence-electron chi connectivity index (χ1n) is 3.79. The number of hydrogen-bond acceptors (Lipinski definition) is 4. The molecule has 0 spiro atoms. The zero-order valence-electron chi connectivity index (χ0n) is 6.42. The van der Waals surface area contributed by atoms with Crippen LogP contribution in [0.25, 0.3) is 0 Å². The lowest BCUT2D eigenvalue weighted by Crippen LogP contribution is -2.51. The Labute approximate surface area is 69.2 Å². The molecule has 1 aliphatic rings. The summed E-state index contributed by atoms with van der Waals surface area (Å²) in [7, 11) is 0. The van der Waals surface area contributed by atoms with Crippen molar-refractivity contribution in [1.82, 2.24) is 15.3 Å². The van der Waals surface area contributed by atoms with Gasteiger partial charge in [-0.25, -0.2) is 14.4 Å². The quantitative estimate of drug-likeness (QED) is 0.652. The Hall–Kier alpha value is -1.23. The minimum Gasteiger partial charge on any atom is -0.349 e. The molecule has 1 aromatic heterocycles. The standard InChI is InChI=1S/C7H9FN4/c8-5-1-10-7(11-2-5)12-6-3-9-4-6/h1-2,6,9H,3-4H2,(H,10,11,12). The Bertz CT molecular complexity index is 257. The fourth-order valence-corrected chi connectivity index (χ4v) is 0.960. The van der Waals surface area contributed by atoms with Crippen molar-refractivity contribution in [3.05, 3.63) is 18.2 Å². The predicted molar refractivity (Wildman–Crippen MR) is 42.3 cm³/mol. The Morgan fingerprint density at radius 3 is 2.58 bits per heavy atom. The number of nitrogens with one attached hydrogen (secondary N) is 2. The topological polar surface area (TPSA) is 49.8 Å². The second-order valence-corrected chi connectivity index (χ2v) is 2.72. The van der Waals surface area contributed by atoms with Gasteiger partial charge in [0.25, 0.3) is 0 Å². The summed E-state index contributed by atoms with van der Waals surface area (Å²) in [6.07, 6.45) is 2.31. The van der Waals surface area contributed by atoms with E-state index in [-0.39, 0.29) is 0 Å². The summed E-state index contributed by atoms with van der Waals surface area (Å²) in [6.45, 7) is 1.83. The number of hydrogen-bond donors (Lipinski definition) is 2. The zero-order valence-corrected chi connectivity index (χ0v) is 6.42. The zero-order chi connectivity index (χ0) is 8.39. The molecule has 2 N–H and O–H groups in total. The molecule has 0 aliphatic carbocycles. The molecule has 0 saturated carbocycles. The van der Waals surface area contributed by atoms with Crippen LogP contribution in [0.15, 0.2) is 12.4 Å². The average Bonchev–Trinajstić information content (AvgIpc) is 2.00. The molecule has 0 bridgehead atoms. The van der Waals surface area contributed by atoms with Gasteiger partial charge in [-0.15, -0.1) is 0 Å². The highest BCUT2D eigenvalue weighted by molar-refractivity contribution is 5.26. The first-order chi connectivity index (χ1) is 5.84. The molecule has 0 aromatic carbocycles. The summed E-state index contributed by atoms with van der Waals surface area (Å²) >= 11 is 0. The molecular weight excluding hydrogens is 159 g/mol. The maximum Gasteiger partial charge on any atom is 0.223 e. The number of aromatic nitrogens is 2. The van der Waals surface area contributed by atoms with E-state index in [1.54, 1.807) is 0 Å². The molecule has 2 rings (SSSR count). The van der Waals surface area contributed by atoms with Crippen LogP contribution in [0, 0.1) is 5.82 Å². The van der Waals surface area contributed by atoms with E-state index in [9.17, 15) is 4.39 Å². The van der Waals surface area contributed by atoms with Gasteiger partial charge < -0.3 is 10.6 Å². The van der Waals surface area contributed by atoms with Crippen LogP contribution in [-0.4, -0.2) is 29.1 Å². The molecular formula is C7H9FN4. The van der Waals surface area contributed by atoms with Gasteiger partial charge in [-0.1, -0.05) is 0 Å². The third-order valence-electron chi connectivity index (χ3n) is 1.74. The molecule has 1 aromatic rings. The Kier molecular flexibility index (Phi) is 1.87. The fraction of sp³-hybridized carbons (Fsp3) is 0.429. The monoisotopic (exact) mass is 168 g/mol. The van der Waals surface area contributed by atoms with Crippen LogP contribution >= 0.6 is 0 Å². The summed E-state index contributed by atoms with van der Waals surface area (Å²) in [5.41, 5.74) is 0. The van der Waals surface area contributed by atoms with Crippen molar-refractivity contribution >= 4 is 5.95 Å². The predicted octanol–water partition coefficient (Wildman–Crippen LogP) is -0.000600. The van der Waals surface area contributed by atoms with Crippen molar-refractivity contribution in [1.29, 1.82) is 0 Å². The van der Waals surface area contributed by atoms with Crippen LogP contribution in [0.1, 0.15) is 0 Å². The number of rotatable bonds is 2. The van der Waals surface area contributed by atoms with E-state index in [4.69, 9.17) is 0 Å². The second kappa shape index (κ2) is 3.02. The van der Waals surface area contributed by atoms with Crippen LogP contribution in [-0.2, 0) is 0 Å². The summed E-state index contributed by atoms with van der Waals surface area (Å²) in [4.78, 5) is 7.55. The molecule has 1 saturated heterocycles. The van der Waals surface area contributed by atoms with Gasteiger partial charge in [-0.05, 0) is 0 Å². The summed E-state index contributed by atoms with van der Waals surface area (Å²) in [5.74, 6) is 0.0789. The van der Waals surface area contributed by atoms with Gasteiger partial charge in [0.05, 0.1) is 18.4 Å². The van der Waals surface area contributed by atoms with Gasteiger partial charge in [0.15, 0.2) is 5.82 Å². The lowest BCUT2D eigenvalue weighted by Gasteiger charge is -2.27. The summed E-state index contributed by atoms with van der Waals surface area (Å²) in [5, 5.41) is 6.15. The third-order valence-corrected chi connectivity index (χ3v) is 1.74. The molecule has 0 radical (unpaired) electrons. The summed E-state index contributed by atoms with van der Waals surface area (Å²) < 4.78 is 12.4. The number of nitrogens with zero attached hydrogens (tertiary/aromatic N) is 2. The third kappa shape index (κ3) is 1.50. The van der Waals surface area contributed by atoms with E-state index < -0.39 is 5.82 Å². The molecule has 0 unspecified atom stereocenters.